The van der Waals surface area contributed by atoms with Crippen LogP contribution in [0.4, 0.5) is 0 Å². The molecule has 0 saturated carbocycles. The monoisotopic (exact) mass is 266 g/mol. The minimum Gasteiger partial charge on any atom is -0.352 e. The van der Waals surface area contributed by atoms with Gasteiger partial charge in [-0.1, -0.05) is 60.7 Å². The average molecular weight is 266 g/mol. The quantitative estimate of drug-likeness (QED) is 0.825. The Hall–Kier alpha value is -1.64. The fourth-order valence-corrected chi connectivity index (χ4v) is 3.51. The van der Waals surface area contributed by atoms with Gasteiger partial charge in [0.2, 0.25) is 0 Å². The Labute approximate surface area is 119 Å². The third-order valence-electron chi connectivity index (χ3n) is 4.50. The zero-order valence-corrected chi connectivity index (χ0v) is 11.4. The van der Waals surface area contributed by atoms with Crippen LogP contribution < -0.4 is 0 Å². The van der Waals surface area contributed by atoms with E-state index in [1.54, 1.807) is 0 Å². The van der Waals surface area contributed by atoms with Crippen molar-refractivity contribution >= 4 is 0 Å². The summed E-state index contributed by atoms with van der Waals surface area (Å²) in [4.78, 5) is 0. The minimum absolute atomic E-state index is 0.0459. The maximum absolute atomic E-state index is 6.42. The molecule has 2 aromatic carbocycles. The first-order valence-corrected chi connectivity index (χ1v) is 7.29. The van der Waals surface area contributed by atoms with E-state index in [2.05, 4.69) is 60.7 Å². The van der Waals surface area contributed by atoms with Gasteiger partial charge >= 0.3 is 0 Å². The molecule has 102 valence electrons. The Balaban J connectivity index is 1.82. The molecule has 2 aromatic rings. The largest absolute Gasteiger partial charge is 0.352 e. The summed E-state index contributed by atoms with van der Waals surface area (Å²) in [6, 6.07) is 21.1. The van der Waals surface area contributed by atoms with Gasteiger partial charge < -0.3 is 9.47 Å². The van der Waals surface area contributed by atoms with E-state index < -0.39 is 0 Å². The van der Waals surface area contributed by atoms with Gasteiger partial charge in [0.25, 0.3) is 0 Å². The molecule has 0 amide bonds. The van der Waals surface area contributed by atoms with E-state index in [4.69, 9.17) is 9.47 Å². The molecule has 0 spiro atoms. The van der Waals surface area contributed by atoms with Crippen LogP contribution in [0.1, 0.15) is 24.0 Å². The smallest absolute Gasteiger partial charge is 0.162 e. The number of rotatable bonds is 2. The summed E-state index contributed by atoms with van der Waals surface area (Å²) in [7, 11) is 0. The van der Waals surface area contributed by atoms with Crippen molar-refractivity contribution in [2.75, 3.05) is 6.61 Å². The van der Waals surface area contributed by atoms with E-state index in [-0.39, 0.29) is 11.9 Å². The van der Waals surface area contributed by atoms with Crippen molar-refractivity contribution in [3.8, 4) is 0 Å². The van der Waals surface area contributed by atoms with Crippen LogP contribution in [0.2, 0.25) is 0 Å². The van der Waals surface area contributed by atoms with Crippen LogP contribution >= 0.6 is 0 Å². The summed E-state index contributed by atoms with van der Waals surface area (Å²) >= 11 is 0. The SMILES string of the molecule is c1ccc(C2(c3ccccc3)C[C@@H]3CCO[C@@H]3O2)cc1. The van der Waals surface area contributed by atoms with Gasteiger partial charge in [0, 0.05) is 5.92 Å². The molecule has 4 rings (SSSR count). The molecule has 0 aromatic heterocycles. The lowest BCUT2D eigenvalue weighted by Gasteiger charge is -2.31. The van der Waals surface area contributed by atoms with Crippen LogP contribution in [0.5, 0.6) is 0 Å². The normalized spacial score (nSPS) is 27.4. The van der Waals surface area contributed by atoms with E-state index in [0.29, 0.717) is 5.92 Å². The zero-order valence-electron chi connectivity index (χ0n) is 11.4. The summed E-state index contributed by atoms with van der Waals surface area (Å²) in [5.41, 5.74) is 2.10. The third kappa shape index (κ3) is 1.80. The fourth-order valence-electron chi connectivity index (χ4n) is 3.51. The molecule has 2 heteroatoms. The molecule has 0 unspecified atom stereocenters. The molecular weight excluding hydrogens is 248 g/mol. The summed E-state index contributed by atoms with van der Waals surface area (Å²) < 4.78 is 12.2. The number of hydrogen-bond donors (Lipinski definition) is 0. The Bertz CT molecular complexity index is 525. The molecule has 2 aliphatic rings. The zero-order chi connectivity index (χ0) is 13.4. The second kappa shape index (κ2) is 4.72. The van der Waals surface area contributed by atoms with Crippen LogP contribution in [0.25, 0.3) is 0 Å². The number of benzene rings is 2. The van der Waals surface area contributed by atoms with Crippen LogP contribution in [-0.4, -0.2) is 12.9 Å². The van der Waals surface area contributed by atoms with E-state index in [9.17, 15) is 0 Å². The second-order valence-corrected chi connectivity index (χ2v) is 5.67. The first-order valence-electron chi connectivity index (χ1n) is 7.29. The number of hydrogen-bond acceptors (Lipinski definition) is 2. The molecule has 2 saturated heterocycles. The fraction of sp³-hybridized carbons (Fsp3) is 0.333. The average Bonchev–Trinajstić information content (AvgIpc) is 3.09. The van der Waals surface area contributed by atoms with Gasteiger partial charge in [0.1, 0.15) is 5.60 Å². The van der Waals surface area contributed by atoms with Crippen molar-refractivity contribution in [2.45, 2.75) is 24.7 Å². The topological polar surface area (TPSA) is 18.5 Å². The molecule has 2 heterocycles. The molecular formula is C18H18O2. The molecule has 0 radical (unpaired) electrons. The van der Waals surface area contributed by atoms with Gasteiger partial charge in [-0.3, -0.25) is 0 Å². The Morgan fingerprint density at radius 2 is 1.45 bits per heavy atom. The number of fused-ring (bicyclic) bond motifs is 1. The van der Waals surface area contributed by atoms with E-state index in [1.807, 2.05) is 0 Å². The van der Waals surface area contributed by atoms with Gasteiger partial charge in [-0.05, 0) is 24.0 Å². The van der Waals surface area contributed by atoms with E-state index >= 15 is 0 Å². The van der Waals surface area contributed by atoms with Crippen molar-refractivity contribution in [2.24, 2.45) is 5.92 Å². The van der Waals surface area contributed by atoms with Gasteiger partial charge in [-0.2, -0.15) is 0 Å². The Morgan fingerprint density at radius 1 is 0.850 bits per heavy atom. The molecule has 20 heavy (non-hydrogen) atoms. The standard InChI is InChI=1S/C18H18O2/c1-3-7-15(8-4-1)18(16-9-5-2-6-10-16)13-14-11-12-19-17(14)20-18/h1-10,14,17H,11-13H2/t14-,17+/m0/s1. The van der Waals surface area contributed by atoms with E-state index in [1.165, 1.54) is 11.1 Å². The molecule has 0 bridgehead atoms. The van der Waals surface area contributed by atoms with Crippen LogP contribution in [-0.2, 0) is 15.1 Å². The van der Waals surface area contributed by atoms with Crippen molar-refractivity contribution < 1.29 is 9.47 Å². The van der Waals surface area contributed by atoms with Crippen LogP contribution in [0, 0.1) is 5.92 Å². The molecule has 0 aliphatic carbocycles. The highest BCUT2D eigenvalue weighted by atomic mass is 16.7. The van der Waals surface area contributed by atoms with Crippen molar-refractivity contribution in [3.63, 3.8) is 0 Å². The summed E-state index contributed by atoms with van der Waals surface area (Å²) in [6.45, 7) is 0.828. The lowest BCUT2D eigenvalue weighted by molar-refractivity contribution is -0.145. The minimum atomic E-state index is -0.349. The highest BCUT2D eigenvalue weighted by Crippen LogP contribution is 2.50. The third-order valence-corrected chi connectivity index (χ3v) is 4.50. The van der Waals surface area contributed by atoms with Gasteiger partial charge in [0.15, 0.2) is 6.29 Å². The summed E-state index contributed by atoms with van der Waals surface area (Å²) in [6.07, 6.45) is 2.06. The van der Waals surface area contributed by atoms with Crippen LogP contribution in [0.3, 0.4) is 0 Å². The van der Waals surface area contributed by atoms with Crippen molar-refractivity contribution in [1.82, 2.24) is 0 Å². The summed E-state index contributed by atoms with van der Waals surface area (Å²) in [5, 5.41) is 0. The van der Waals surface area contributed by atoms with Crippen molar-refractivity contribution in [3.05, 3.63) is 71.8 Å². The maximum Gasteiger partial charge on any atom is 0.162 e. The van der Waals surface area contributed by atoms with Gasteiger partial charge in [-0.15, -0.1) is 0 Å². The van der Waals surface area contributed by atoms with Gasteiger partial charge in [-0.25, -0.2) is 0 Å². The van der Waals surface area contributed by atoms with Gasteiger partial charge in [0.05, 0.1) is 6.61 Å². The highest BCUT2D eigenvalue weighted by Gasteiger charge is 2.51. The first-order chi connectivity index (χ1) is 9.88. The summed E-state index contributed by atoms with van der Waals surface area (Å²) in [5.74, 6) is 0.510. The molecule has 2 aliphatic heterocycles. The lowest BCUT2D eigenvalue weighted by Crippen LogP contribution is -2.28. The Kier molecular flexibility index (Phi) is 2.86. The highest BCUT2D eigenvalue weighted by molar-refractivity contribution is 5.37. The van der Waals surface area contributed by atoms with E-state index in [0.717, 1.165) is 19.4 Å². The molecule has 0 N–H and O–H groups in total. The lowest BCUT2D eigenvalue weighted by atomic mass is 9.81. The molecule has 2 nitrogen and oxygen atoms in total. The van der Waals surface area contributed by atoms with Crippen molar-refractivity contribution in [1.29, 1.82) is 0 Å². The predicted molar refractivity (Wildman–Crippen MR) is 77.2 cm³/mol. The second-order valence-electron chi connectivity index (χ2n) is 5.67. The van der Waals surface area contributed by atoms with Crippen LogP contribution in [0.15, 0.2) is 60.7 Å². The maximum atomic E-state index is 6.42. The molecule has 2 atom stereocenters. The molecule has 2 fully saturated rings. The first kappa shape index (κ1) is 12.1. The predicted octanol–water partition coefficient (Wildman–Crippen LogP) is 3.71. The Morgan fingerprint density at radius 3 is 2.00 bits per heavy atom. The number of ether oxygens (including phenoxy) is 2.